The van der Waals surface area contributed by atoms with Crippen LogP contribution in [0.25, 0.3) is 0 Å². The first kappa shape index (κ1) is 8.52. The fourth-order valence-electron chi connectivity index (χ4n) is 1.01. The monoisotopic (exact) mass is 165 g/mol. The van der Waals surface area contributed by atoms with Crippen LogP contribution in [0.2, 0.25) is 0 Å². The number of aliphatic imine (C=N–C) groups is 1. The molecule has 1 aromatic heterocycles. The smallest absolute Gasteiger partial charge is 0.159 e. The molecule has 0 fully saturated rings. The van der Waals surface area contributed by atoms with Crippen LogP contribution in [0, 0.1) is 0 Å². The van der Waals surface area contributed by atoms with E-state index in [0.717, 1.165) is 0 Å². The van der Waals surface area contributed by atoms with Crippen LogP contribution in [-0.4, -0.2) is 30.9 Å². The summed E-state index contributed by atoms with van der Waals surface area (Å²) in [6.45, 7) is 3.39. The van der Waals surface area contributed by atoms with Gasteiger partial charge >= 0.3 is 0 Å². The van der Waals surface area contributed by atoms with Crippen LogP contribution in [0.3, 0.4) is 0 Å². The second kappa shape index (κ2) is 3.21. The van der Waals surface area contributed by atoms with Crippen LogP contribution in [0.5, 0.6) is 5.75 Å². The predicted octanol–water partition coefficient (Wildman–Crippen LogP) is 1.19. The predicted molar refractivity (Wildman–Crippen MR) is 49.4 cm³/mol. The molecule has 0 radical (unpaired) electrons. The molecule has 0 saturated carbocycles. The second-order valence-corrected chi connectivity index (χ2v) is 2.58. The van der Waals surface area contributed by atoms with Crippen LogP contribution in [-0.2, 0) is 0 Å². The van der Waals surface area contributed by atoms with Gasteiger partial charge in [-0.3, -0.25) is 9.98 Å². The lowest BCUT2D eigenvalue weighted by Crippen LogP contribution is -2.09. The van der Waals surface area contributed by atoms with Crippen molar-refractivity contribution in [2.75, 3.05) is 19.0 Å². The molecule has 1 heterocycles. The van der Waals surface area contributed by atoms with Gasteiger partial charge in [-0.05, 0) is 6.72 Å². The Morgan fingerprint density at radius 2 is 2.17 bits per heavy atom. The average molecular weight is 165 g/mol. The Morgan fingerprint density at radius 1 is 1.50 bits per heavy atom. The molecule has 0 aliphatic heterocycles. The minimum atomic E-state index is 0.116. The molecule has 0 spiro atoms. The van der Waals surface area contributed by atoms with E-state index in [1.165, 1.54) is 6.20 Å². The Labute approximate surface area is 71.2 Å². The number of aromatic hydroxyl groups is 1. The van der Waals surface area contributed by atoms with Gasteiger partial charge in [-0.2, -0.15) is 0 Å². The molecule has 0 aliphatic rings. The van der Waals surface area contributed by atoms with Crippen molar-refractivity contribution in [3.63, 3.8) is 0 Å². The molecule has 1 N–H and O–H groups in total. The summed E-state index contributed by atoms with van der Waals surface area (Å²) in [5.41, 5.74) is 1.22. The maximum atomic E-state index is 9.40. The van der Waals surface area contributed by atoms with Gasteiger partial charge in [0.1, 0.15) is 11.4 Å². The summed E-state index contributed by atoms with van der Waals surface area (Å²) >= 11 is 0. The van der Waals surface area contributed by atoms with E-state index >= 15 is 0 Å². The highest BCUT2D eigenvalue weighted by Gasteiger charge is 2.08. The van der Waals surface area contributed by atoms with E-state index in [1.807, 2.05) is 14.1 Å². The quantitative estimate of drug-likeness (QED) is 0.669. The molecular weight excluding hydrogens is 154 g/mol. The SMILES string of the molecule is C=Nc1cncc(O)c1N(C)C. The molecule has 64 valence electrons. The standard InChI is InChI=1S/C8H11N3O/c1-9-6-4-10-5-7(12)8(6)11(2)3/h4-5,12H,1H2,2-3H3. The first-order valence-corrected chi connectivity index (χ1v) is 3.48. The van der Waals surface area contributed by atoms with Crippen molar-refractivity contribution in [2.24, 2.45) is 4.99 Å². The summed E-state index contributed by atoms with van der Waals surface area (Å²) in [7, 11) is 3.65. The summed E-state index contributed by atoms with van der Waals surface area (Å²) in [6.07, 6.45) is 2.94. The van der Waals surface area contributed by atoms with E-state index < -0.39 is 0 Å². The van der Waals surface area contributed by atoms with E-state index in [0.29, 0.717) is 11.4 Å². The third kappa shape index (κ3) is 1.37. The van der Waals surface area contributed by atoms with Crippen molar-refractivity contribution >= 4 is 18.1 Å². The largest absolute Gasteiger partial charge is 0.504 e. The number of aromatic nitrogens is 1. The third-order valence-corrected chi connectivity index (χ3v) is 1.50. The second-order valence-electron chi connectivity index (χ2n) is 2.58. The Balaban J connectivity index is 3.29. The summed E-state index contributed by atoms with van der Waals surface area (Å²) in [5, 5.41) is 9.40. The Bertz CT molecular complexity index is 296. The lowest BCUT2D eigenvalue weighted by molar-refractivity contribution is 0.473. The highest BCUT2D eigenvalue weighted by molar-refractivity contribution is 5.73. The van der Waals surface area contributed by atoms with Crippen LogP contribution in [0.4, 0.5) is 11.4 Å². The van der Waals surface area contributed by atoms with Crippen LogP contribution >= 0.6 is 0 Å². The topological polar surface area (TPSA) is 48.7 Å². The first-order valence-electron chi connectivity index (χ1n) is 3.48. The van der Waals surface area contributed by atoms with E-state index in [9.17, 15) is 5.11 Å². The first-order chi connectivity index (χ1) is 5.66. The molecule has 12 heavy (non-hydrogen) atoms. The van der Waals surface area contributed by atoms with Crippen molar-refractivity contribution in [1.29, 1.82) is 0 Å². The van der Waals surface area contributed by atoms with Gasteiger partial charge in [0.2, 0.25) is 0 Å². The molecule has 1 aromatic rings. The molecule has 0 saturated heterocycles. The van der Waals surface area contributed by atoms with Crippen molar-refractivity contribution in [2.45, 2.75) is 0 Å². The summed E-state index contributed by atoms with van der Waals surface area (Å²) in [4.78, 5) is 9.29. The number of hydrogen-bond donors (Lipinski definition) is 1. The van der Waals surface area contributed by atoms with E-state index in [4.69, 9.17) is 0 Å². The highest BCUT2D eigenvalue weighted by atomic mass is 16.3. The van der Waals surface area contributed by atoms with Gasteiger partial charge in [0.25, 0.3) is 0 Å². The normalized spacial score (nSPS) is 9.50. The van der Waals surface area contributed by atoms with Gasteiger partial charge in [-0.25, -0.2) is 0 Å². The summed E-state index contributed by atoms with van der Waals surface area (Å²) in [5.74, 6) is 0.116. The highest BCUT2D eigenvalue weighted by Crippen LogP contribution is 2.33. The van der Waals surface area contributed by atoms with Crippen LogP contribution in [0.1, 0.15) is 0 Å². The molecule has 0 bridgehead atoms. The lowest BCUT2D eigenvalue weighted by atomic mass is 10.3. The Morgan fingerprint density at radius 3 is 2.58 bits per heavy atom. The molecule has 0 aliphatic carbocycles. The van der Waals surface area contributed by atoms with E-state index in [1.54, 1.807) is 11.1 Å². The van der Waals surface area contributed by atoms with Gasteiger partial charge in [0, 0.05) is 14.1 Å². The van der Waals surface area contributed by atoms with Gasteiger partial charge < -0.3 is 10.0 Å². The molecular formula is C8H11N3O. The maximum absolute atomic E-state index is 9.40. The lowest BCUT2D eigenvalue weighted by Gasteiger charge is -2.15. The third-order valence-electron chi connectivity index (χ3n) is 1.50. The minimum Gasteiger partial charge on any atom is -0.504 e. The zero-order valence-corrected chi connectivity index (χ0v) is 7.15. The fourth-order valence-corrected chi connectivity index (χ4v) is 1.01. The molecule has 0 unspecified atom stereocenters. The number of nitrogens with zero attached hydrogens (tertiary/aromatic N) is 3. The van der Waals surface area contributed by atoms with Gasteiger partial charge in [-0.1, -0.05) is 0 Å². The minimum absolute atomic E-state index is 0.116. The molecule has 0 atom stereocenters. The maximum Gasteiger partial charge on any atom is 0.159 e. The number of hydrogen-bond acceptors (Lipinski definition) is 4. The average Bonchev–Trinajstić information content (AvgIpc) is 2.03. The van der Waals surface area contributed by atoms with E-state index in [-0.39, 0.29) is 5.75 Å². The fraction of sp³-hybridized carbons (Fsp3) is 0.250. The molecule has 4 heteroatoms. The zero-order chi connectivity index (χ0) is 9.14. The van der Waals surface area contributed by atoms with Crippen molar-refractivity contribution in [1.82, 2.24) is 4.98 Å². The summed E-state index contributed by atoms with van der Waals surface area (Å²) in [6, 6.07) is 0. The van der Waals surface area contributed by atoms with Crippen molar-refractivity contribution < 1.29 is 5.11 Å². The molecule has 0 amide bonds. The number of rotatable bonds is 2. The van der Waals surface area contributed by atoms with Crippen molar-refractivity contribution in [3.05, 3.63) is 12.4 Å². The number of anilines is 1. The molecule has 0 aromatic carbocycles. The van der Waals surface area contributed by atoms with Crippen LogP contribution in [0.15, 0.2) is 17.4 Å². The Hall–Kier alpha value is -1.58. The zero-order valence-electron chi connectivity index (χ0n) is 7.15. The van der Waals surface area contributed by atoms with Crippen molar-refractivity contribution in [3.8, 4) is 5.75 Å². The van der Waals surface area contributed by atoms with Gasteiger partial charge in [0.15, 0.2) is 5.75 Å². The van der Waals surface area contributed by atoms with Gasteiger partial charge in [0.05, 0.1) is 12.4 Å². The molecule has 4 nitrogen and oxygen atoms in total. The summed E-state index contributed by atoms with van der Waals surface area (Å²) < 4.78 is 0. The number of pyridine rings is 1. The van der Waals surface area contributed by atoms with Gasteiger partial charge in [-0.15, -0.1) is 0 Å². The molecule has 1 rings (SSSR count). The van der Waals surface area contributed by atoms with E-state index in [2.05, 4.69) is 16.7 Å². The Kier molecular flexibility index (Phi) is 2.28. The van der Waals surface area contributed by atoms with Crippen LogP contribution < -0.4 is 4.90 Å².